The predicted molar refractivity (Wildman–Crippen MR) is 85.4 cm³/mol. The molecule has 3 aromatic rings. The molecule has 2 heterocycles. The van der Waals surface area contributed by atoms with Gasteiger partial charge in [0.2, 0.25) is 5.91 Å². The molecule has 110 valence electrons. The Morgan fingerprint density at radius 2 is 2.09 bits per heavy atom. The molecule has 0 aliphatic heterocycles. The van der Waals surface area contributed by atoms with E-state index >= 15 is 0 Å². The second-order valence-corrected chi connectivity index (χ2v) is 5.81. The number of fused-ring (bicyclic) bond motifs is 1. The van der Waals surface area contributed by atoms with Crippen LogP contribution in [0.2, 0.25) is 0 Å². The van der Waals surface area contributed by atoms with Gasteiger partial charge >= 0.3 is 0 Å². The molecule has 5 nitrogen and oxygen atoms in total. The predicted octanol–water partition coefficient (Wildman–Crippen LogP) is 3.28. The molecule has 2 aromatic heterocycles. The number of aryl methyl sites for hydroxylation is 1. The molecule has 0 spiro atoms. The standard InChI is InChI=1S/C17H16N4O/c1-10-15-7-12(4-5-16(15)21-20-10)13-6-14(9-18-8-13)19-17(22)11-2-3-11/h4-9,11H,2-3H2,1H3,(H,19,22)(H,20,21). The summed E-state index contributed by atoms with van der Waals surface area (Å²) in [4.78, 5) is 16.1. The number of benzene rings is 1. The summed E-state index contributed by atoms with van der Waals surface area (Å²) >= 11 is 0. The first-order valence-corrected chi connectivity index (χ1v) is 7.42. The number of aromatic amines is 1. The number of nitrogens with zero attached hydrogens (tertiary/aromatic N) is 2. The van der Waals surface area contributed by atoms with E-state index in [0.29, 0.717) is 0 Å². The molecule has 0 bridgehead atoms. The number of anilines is 1. The van der Waals surface area contributed by atoms with Crippen molar-refractivity contribution in [2.24, 2.45) is 5.92 Å². The van der Waals surface area contributed by atoms with Crippen LogP contribution in [-0.4, -0.2) is 21.1 Å². The molecule has 22 heavy (non-hydrogen) atoms. The average Bonchev–Trinajstić information content (AvgIpc) is 3.32. The summed E-state index contributed by atoms with van der Waals surface area (Å²) in [6.45, 7) is 2.00. The number of rotatable bonds is 3. The Morgan fingerprint density at radius 1 is 1.23 bits per heavy atom. The van der Waals surface area contributed by atoms with E-state index < -0.39 is 0 Å². The Kier molecular flexibility index (Phi) is 2.92. The minimum Gasteiger partial charge on any atom is -0.324 e. The van der Waals surface area contributed by atoms with Crippen LogP contribution in [0.25, 0.3) is 22.0 Å². The van der Waals surface area contributed by atoms with Gasteiger partial charge in [0.05, 0.1) is 17.4 Å². The van der Waals surface area contributed by atoms with Crippen molar-refractivity contribution in [1.29, 1.82) is 0 Å². The third-order valence-electron chi connectivity index (χ3n) is 4.03. The molecule has 4 rings (SSSR count). The Morgan fingerprint density at radius 3 is 2.91 bits per heavy atom. The first-order valence-electron chi connectivity index (χ1n) is 7.42. The van der Waals surface area contributed by atoms with Gasteiger partial charge in [-0.2, -0.15) is 5.10 Å². The zero-order chi connectivity index (χ0) is 15.1. The van der Waals surface area contributed by atoms with Crippen LogP contribution in [-0.2, 0) is 4.79 Å². The van der Waals surface area contributed by atoms with Gasteiger partial charge in [0.15, 0.2) is 0 Å². The van der Waals surface area contributed by atoms with Crippen molar-refractivity contribution in [3.63, 3.8) is 0 Å². The molecular formula is C17H16N4O. The number of nitrogens with one attached hydrogen (secondary N) is 2. The van der Waals surface area contributed by atoms with Crippen molar-refractivity contribution in [2.75, 3.05) is 5.32 Å². The zero-order valence-electron chi connectivity index (χ0n) is 12.3. The molecule has 5 heteroatoms. The van der Waals surface area contributed by atoms with Gasteiger partial charge in [-0.3, -0.25) is 14.9 Å². The van der Waals surface area contributed by atoms with Gasteiger partial charge in [-0.15, -0.1) is 0 Å². The normalized spacial score (nSPS) is 14.2. The number of aromatic nitrogens is 3. The largest absolute Gasteiger partial charge is 0.324 e. The fraction of sp³-hybridized carbons (Fsp3) is 0.235. The van der Waals surface area contributed by atoms with Crippen molar-refractivity contribution in [3.8, 4) is 11.1 Å². The zero-order valence-corrected chi connectivity index (χ0v) is 12.3. The second-order valence-electron chi connectivity index (χ2n) is 5.81. The highest BCUT2D eigenvalue weighted by Gasteiger charge is 2.29. The summed E-state index contributed by atoms with van der Waals surface area (Å²) in [7, 11) is 0. The third-order valence-corrected chi connectivity index (χ3v) is 4.03. The number of hydrogen-bond donors (Lipinski definition) is 2. The lowest BCUT2D eigenvalue weighted by molar-refractivity contribution is -0.117. The maximum Gasteiger partial charge on any atom is 0.227 e. The maximum atomic E-state index is 11.9. The summed E-state index contributed by atoms with van der Waals surface area (Å²) in [5.74, 6) is 0.286. The smallest absolute Gasteiger partial charge is 0.227 e. The van der Waals surface area contributed by atoms with E-state index in [4.69, 9.17) is 0 Å². The third kappa shape index (κ3) is 2.35. The van der Waals surface area contributed by atoms with Gasteiger partial charge in [0.25, 0.3) is 0 Å². The monoisotopic (exact) mass is 292 g/mol. The molecule has 0 atom stereocenters. The Labute approximate surface area is 127 Å². The van der Waals surface area contributed by atoms with Gasteiger partial charge in [-0.25, -0.2) is 0 Å². The topological polar surface area (TPSA) is 70.7 Å². The minimum absolute atomic E-state index is 0.0973. The van der Waals surface area contributed by atoms with Gasteiger partial charge in [-0.05, 0) is 43.5 Å². The summed E-state index contributed by atoms with van der Waals surface area (Å²) in [5, 5.41) is 11.3. The van der Waals surface area contributed by atoms with Crippen LogP contribution < -0.4 is 5.32 Å². The Bertz CT molecular complexity index is 864. The van der Waals surface area contributed by atoms with Crippen LogP contribution >= 0.6 is 0 Å². The van der Waals surface area contributed by atoms with Crippen LogP contribution in [0, 0.1) is 12.8 Å². The first kappa shape index (κ1) is 13.0. The number of pyridine rings is 1. The van der Waals surface area contributed by atoms with E-state index in [-0.39, 0.29) is 11.8 Å². The summed E-state index contributed by atoms with van der Waals surface area (Å²) in [6.07, 6.45) is 5.49. The van der Waals surface area contributed by atoms with Crippen molar-refractivity contribution in [3.05, 3.63) is 42.4 Å². The van der Waals surface area contributed by atoms with Crippen molar-refractivity contribution in [1.82, 2.24) is 15.2 Å². The number of carbonyl (C=O) groups excluding carboxylic acids is 1. The highest BCUT2D eigenvalue weighted by Crippen LogP contribution is 2.31. The van der Waals surface area contributed by atoms with Gasteiger partial charge in [-0.1, -0.05) is 6.07 Å². The molecular weight excluding hydrogens is 276 g/mol. The lowest BCUT2D eigenvalue weighted by Crippen LogP contribution is -2.13. The average molecular weight is 292 g/mol. The molecule has 1 aliphatic carbocycles. The molecule has 1 amide bonds. The highest BCUT2D eigenvalue weighted by atomic mass is 16.2. The van der Waals surface area contributed by atoms with Crippen LogP contribution in [0.1, 0.15) is 18.5 Å². The second kappa shape index (κ2) is 4.94. The minimum atomic E-state index is 0.0973. The maximum absolute atomic E-state index is 11.9. The van der Waals surface area contributed by atoms with E-state index in [0.717, 1.165) is 46.3 Å². The van der Waals surface area contributed by atoms with Crippen LogP contribution in [0.5, 0.6) is 0 Å². The Balaban J connectivity index is 1.68. The molecule has 2 N–H and O–H groups in total. The van der Waals surface area contributed by atoms with Crippen molar-refractivity contribution < 1.29 is 4.79 Å². The van der Waals surface area contributed by atoms with E-state index in [2.05, 4.69) is 26.6 Å². The number of hydrogen-bond acceptors (Lipinski definition) is 3. The van der Waals surface area contributed by atoms with Gasteiger partial charge in [0.1, 0.15) is 0 Å². The lowest BCUT2D eigenvalue weighted by atomic mass is 10.0. The molecule has 0 saturated heterocycles. The first-order chi connectivity index (χ1) is 10.7. The molecule has 1 aromatic carbocycles. The van der Waals surface area contributed by atoms with Crippen LogP contribution in [0.15, 0.2) is 36.7 Å². The van der Waals surface area contributed by atoms with E-state index in [1.54, 1.807) is 6.20 Å². The molecule has 1 aliphatic rings. The number of carbonyl (C=O) groups is 1. The van der Waals surface area contributed by atoms with Crippen molar-refractivity contribution in [2.45, 2.75) is 19.8 Å². The van der Waals surface area contributed by atoms with Crippen LogP contribution in [0.4, 0.5) is 5.69 Å². The fourth-order valence-corrected chi connectivity index (χ4v) is 2.57. The lowest BCUT2D eigenvalue weighted by Gasteiger charge is -2.07. The van der Waals surface area contributed by atoms with Gasteiger partial charge in [0, 0.05) is 28.8 Å². The van der Waals surface area contributed by atoms with Gasteiger partial charge < -0.3 is 5.32 Å². The quantitative estimate of drug-likeness (QED) is 0.778. The molecule has 0 radical (unpaired) electrons. The van der Waals surface area contributed by atoms with E-state index in [1.165, 1.54) is 0 Å². The van der Waals surface area contributed by atoms with Crippen molar-refractivity contribution >= 4 is 22.5 Å². The molecule has 1 saturated carbocycles. The van der Waals surface area contributed by atoms with E-state index in [1.807, 2.05) is 31.3 Å². The summed E-state index contributed by atoms with van der Waals surface area (Å²) in [6, 6.07) is 8.07. The Hall–Kier alpha value is -2.69. The summed E-state index contributed by atoms with van der Waals surface area (Å²) in [5.41, 5.74) is 4.79. The fourth-order valence-electron chi connectivity index (χ4n) is 2.57. The number of amides is 1. The molecule has 1 fully saturated rings. The van der Waals surface area contributed by atoms with Crippen LogP contribution in [0.3, 0.4) is 0 Å². The summed E-state index contributed by atoms with van der Waals surface area (Å²) < 4.78 is 0. The highest BCUT2D eigenvalue weighted by molar-refractivity contribution is 5.94. The van der Waals surface area contributed by atoms with E-state index in [9.17, 15) is 4.79 Å². The SMILES string of the molecule is Cc1[nH]nc2ccc(-c3cncc(NC(=O)C4CC4)c3)cc12. The molecule has 0 unspecified atom stereocenters. The number of H-pyrrole nitrogens is 1.